The summed E-state index contributed by atoms with van der Waals surface area (Å²) in [7, 11) is -2.24. The molecule has 0 unspecified atom stereocenters. The average Bonchev–Trinajstić information content (AvgIpc) is 2.45. The van der Waals surface area contributed by atoms with Crippen LogP contribution in [-0.2, 0) is 18.1 Å². The molecule has 0 aromatic heterocycles. The Balaban J connectivity index is 2.14. The molecule has 6 heteroatoms. The van der Waals surface area contributed by atoms with Gasteiger partial charge in [-0.2, -0.15) is 0 Å². The predicted octanol–water partition coefficient (Wildman–Crippen LogP) is 4.73. The molecular weight excluding hydrogens is 270 g/mol. The fourth-order valence-electron chi connectivity index (χ4n) is 1.39. The molecule has 106 valence electrons. The zero-order chi connectivity index (χ0) is 14.0. The zero-order valence-corrected chi connectivity index (χ0v) is 14.3. The highest BCUT2D eigenvalue weighted by Crippen LogP contribution is 2.82. The van der Waals surface area contributed by atoms with Crippen molar-refractivity contribution in [2.45, 2.75) is 77.8 Å². The van der Waals surface area contributed by atoms with E-state index in [-0.39, 0.29) is 22.4 Å². The fourth-order valence-corrected chi connectivity index (χ4v) is 7.42. The molecule has 0 aromatic rings. The topological polar surface area (TPSA) is 36.9 Å². The van der Waals surface area contributed by atoms with Crippen molar-refractivity contribution in [3.8, 4) is 0 Å². The molecule has 2 aliphatic heterocycles. The lowest BCUT2D eigenvalue weighted by atomic mass is 9.90. The van der Waals surface area contributed by atoms with Gasteiger partial charge in [0, 0.05) is 0 Å². The summed E-state index contributed by atoms with van der Waals surface area (Å²) < 4.78 is 24.2. The van der Waals surface area contributed by atoms with E-state index in [1.165, 1.54) is 0 Å². The van der Waals surface area contributed by atoms with Crippen LogP contribution in [0.15, 0.2) is 0 Å². The van der Waals surface area contributed by atoms with Gasteiger partial charge in [-0.1, -0.05) is 0 Å². The first kappa shape index (κ1) is 15.1. The normalized spacial score (nSPS) is 34.0. The Labute approximate surface area is 112 Å². The van der Waals surface area contributed by atoms with Gasteiger partial charge in [-0.05, 0) is 55.4 Å². The van der Waals surface area contributed by atoms with Crippen molar-refractivity contribution in [3.63, 3.8) is 0 Å². The molecule has 0 saturated carbocycles. The van der Waals surface area contributed by atoms with Gasteiger partial charge in [0.1, 0.15) is 0 Å². The summed E-state index contributed by atoms with van der Waals surface area (Å²) in [6.45, 7) is 16.4. The Morgan fingerprint density at radius 2 is 0.611 bits per heavy atom. The highest BCUT2D eigenvalue weighted by Gasteiger charge is 2.59. The van der Waals surface area contributed by atoms with Crippen molar-refractivity contribution < 1.29 is 18.1 Å². The summed E-state index contributed by atoms with van der Waals surface area (Å²) >= 11 is 0. The van der Waals surface area contributed by atoms with Crippen molar-refractivity contribution in [2.75, 3.05) is 0 Å². The lowest BCUT2D eigenvalue weighted by Crippen LogP contribution is -2.41. The second-order valence-electron chi connectivity index (χ2n) is 6.88. The lowest BCUT2D eigenvalue weighted by Gasteiger charge is -2.29. The van der Waals surface area contributed by atoms with Gasteiger partial charge in [-0.15, -0.1) is 0 Å². The van der Waals surface area contributed by atoms with Gasteiger partial charge in [0.15, 0.2) is 0 Å². The first-order valence-electron chi connectivity index (χ1n) is 6.25. The fraction of sp³-hybridized carbons (Fsp3) is 1.00. The van der Waals surface area contributed by atoms with Gasteiger partial charge >= 0.3 is 0 Å². The van der Waals surface area contributed by atoms with E-state index in [1.54, 1.807) is 0 Å². The maximum absolute atomic E-state index is 6.06. The maximum Gasteiger partial charge on any atom is 0.257 e. The van der Waals surface area contributed by atoms with Crippen LogP contribution in [0.4, 0.5) is 0 Å². The van der Waals surface area contributed by atoms with E-state index >= 15 is 0 Å². The monoisotopic (exact) mass is 294 g/mol. The minimum absolute atomic E-state index is 0.315. The van der Waals surface area contributed by atoms with Gasteiger partial charge in [-0.25, -0.2) is 0 Å². The van der Waals surface area contributed by atoms with Crippen LogP contribution in [0.1, 0.15) is 55.4 Å². The Morgan fingerprint density at radius 3 is 0.778 bits per heavy atom. The molecule has 2 fully saturated rings. The van der Waals surface area contributed by atoms with E-state index in [1.807, 2.05) is 0 Å². The Kier molecular flexibility index (Phi) is 3.44. The summed E-state index contributed by atoms with van der Waals surface area (Å²) in [4.78, 5) is 0. The van der Waals surface area contributed by atoms with E-state index in [9.17, 15) is 0 Å². The van der Waals surface area contributed by atoms with Gasteiger partial charge in [0.25, 0.3) is 16.1 Å². The number of rotatable bonds is 1. The molecule has 0 aliphatic carbocycles. The van der Waals surface area contributed by atoms with Crippen LogP contribution in [0.3, 0.4) is 0 Å². The molecule has 2 aliphatic rings. The molecule has 2 saturated heterocycles. The Morgan fingerprint density at radius 1 is 0.444 bits per heavy atom. The van der Waals surface area contributed by atoms with Crippen molar-refractivity contribution in [2.24, 2.45) is 0 Å². The molecule has 4 nitrogen and oxygen atoms in total. The molecule has 0 atom stereocenters. The van der Waals surface area contributed by atoms with Crippen molar-refractivity contribution in [1.82, 2.24) is 0 Å². The summed E-state index contributed by atoms with van der Waals surface area (Å²) in [5, 5.41) is 0. The molecule has 0 radical (unpaired) electrons. The second kappa shape index (κ2) is 4.10. The highest BCUT2D eigenvalue weighted by atomic mass is 32.1. The van der Waals surface area contributed by atoms with E-state index in [4.69, 9.17) is 18.1 Å². The van der Waals surface area contributed by atoms with E-state index in [0.717, 1.165) is 0 Å². The predicted molar refractivity (Wildman–Crippen MR) is 74.5 cm³/mol. The van der Waals surface area contributed by atoms with Gasteiger partial charge in [-0.3, -0.25) is 0 Å². The number of hydrogen-bond acceptors (Lipinski definition) is 4. The molecule has 0 amide bonds. The molecule has 0 N–H and O–H groups in total. The largest absolute Gasteiger partial charge is 0.318 e. The van der Waals surface area contributed by atoms with Gasteiger partial charge in [0.2, 0.25) is 0 Å². The molecule has 18 heavy (non-hydrogen) atoms. The SMILES string of the molecule is CC1(C)OP(P2OC(C)(C)C(C)(C)O2)OC1(C)C. The van der Waals surface area contributed by atoms with Crippen LogP contribution < -0.4 is 0 Å². The summed E-state index contributed by atoms with van der Waals surface area (Å²) in [6, 6.07) is 0. The first-order chi connectivity index (χ1) is 7.88. The van der Waals surface area contributed by atoms with Crippen LogP contribution in [0, 0.1) is 0 Å². The quantitative estimate of drug-likeness (QED) is 0.655. The van der Waals surface area contributed by atoms with Crippen LogP contribution in [0.5, 0.6) is 0 Å². The highest BCUT2D eigenvalue weighted by molar-refractivity contribution is 8.21. The molecule has 0 spiro atoms. The molecular formula is C12H24O4P2. The first-order valence-corrected chi connectivity index (χ1v) is 9.31. The van der Waals surface area contributed by atoms with E-state index in [0.29, 0.717) is 0 Å². The van der Waals surface area contributed by atoms with Crippen LogP contribution >= 0.6 is 16.1 Å². The average molecular weight is 294 g/mol. The van der Waals surface area contributed by atoms with E-state index in [2.05, 4.69) is 55.4 Å². The molecule has 2 rings (SSSR count). The number of hydrogen-bond donors (Lipinski definition) is 0. The lowest BCUT2D eigenvalue weighted by molar-refractivity contribution is 0.00578. The van der Waals surface area contributed by atoms with Crippen molar-refractivity contribution >= 4 is 16.1 Å². The minimum Gasteiger partial charge on any atom is -0.318 e. The minimum atomic E-state index is -1.12. The summed E-state index contributed by atoms with van der Waals surface area (Å²) in [5.41, 5.74) is -1.26. The Bertz CT molecular complexity index is 286. The third-order valence-electron chi connectivity index (χ3n) is 4.26. The van der Waals surface area contributed by atoms with Crippen molar-refractivity contribution in [3.05, 3.63) is 0 Å². The zero-order valence-electron chi connectivity index (χ0n) is 12.5. The Hall–Kier alpha value is 0.700. The smallest absolute Gasteiger partial charge is 0.257 e. The van der Waals surface area contributed by atoms with Crippen LogP contribution in [0.25, 0.3) is 0 Å². The third-order valence-corrected chi connectivity index (χ3v) is 8.76. The van der Waals surface area contributed by atoms with Gasteiger partial charge < -0.3 is 18.1 Å². The van der Waals surface area contributed by atoms with Gasteiger partial charge in [0.05, 0.1) is 22.4 Å². The summed E-state index contributed by atoms with van der Waals surface area (Å²) in [6.07, 6.45) is 0. The molecule has 0 aromatic carbocycles. The van der Waals surface area contributed by atoms with E-state index < -0.39 is 16.1 Å². The molecule has 0 bridgehead atoms. The third kappa shape index (κ3) is 2.26. The van der Waals surface area contributed by atoms with Crippen molar-refractivity contribution in [1.29, 1.82) is 0 Å². The van der Waals surface area contributed by atoms with Crippen LogP contribution in [-0.4, -0.2) is 22.4 Å². The molecule has 2 heterocycles. The maximum atomic E-state index is 6.06. The second-order valence-corrected chi connectivity index (χ2v) is 10.5. The summed E-state index contributed by atoms with van der Waals surface area (Å²) in [5.74, 6) is 0. The standard InChI is InChI=1S/C12H24O4P2/c1-9(2)10(3,4)14-17(13-9)18-15-11(5,6)12(7,8)16-18/h1-8H3. The van der Waals surface area contributed by atoms with Crippen LogP contribution in [0.2, 0.25) is 0 Å².